The molecule has 4 heteroatoms. The molecule has 0 spiro atoms. The van der Waals surface area contributed by atoms with Crippen molar-refractivity contribution in [2.45, 2.75) is 13.8 Å². The highest BCUT2D eigenvalue weighted by atomic mass is 16.5. The molecular formula is C9H11NO3. The second-order valence-electron chi connectivity index (χ2n) is 2.65. The first-order valence-electron chi connectivity index (χ1n) is 4.08. The molecule has 0 atom stereocenters. The molecule has 0 aromatic carbocycles. The Balaban J connectivity index is 2.65. The normalized spacial score (nSPS) is 14.9. The summed E-state index contributed by atoms with van der Waals surface area (Å²) in [6.07, 6.45) is 1.49. The Morgan fingerprint density at radius 2 is 2.31 bits per heavy atom. The maximum Gasteiger partial charge on any atom is 0.356 e. The largest absolute Gasteiger partial charge is 0.461 e. The zero-order chi connectivity index (χ0) is 9.84. The van der Waals surface area contributed by atoms with Gasteiger partial charge in [0.25, 0.3) is 0 Å². The molecule has 13 heavy (non-hydrogen) atoms. The minimum atomic E-state index is -0.459. The molecule has 0 bridgehead atoms. The van der Waals surface area contributed by atoms with Crippen LogP contribution in [0.4, 0.5) is 0 Å². The van der Waals surface area contributed by atoms with E-state index in [2.05, 4.69) is 4.99 Å². The number of ketones is 1. The van der Waals surface area contributed by atoms with E-state index in [1.165, 1.54) is 13.0 Å². The highest BCUT2D eigenvalue weighted by molar-refractivity contribution is 6.42. The van der Waals surface area contributed by atoms with E-state index in [1.54, 1.807) is 6.92 Å². The standard InChI is InChI=1S/C9H11NO3/c1-3-13-9(12)8-4-7(5-10-8)6(2)11/h4H,3,5H2,1-2H3. The number of aliphatic imine (C=N–C) groups is 1. The Hall–Kier alpha value is -1.45. The lowest BCUT2D eigenvalue weighted by molar-refractivity contribution is -0.134. The summed E-state index contributed by atoms with van der Waals surface area (Å²) in [5.41, 5.74) is 0.801. The Kier molecular flexibility index (Phi) is 2.95. The SMILES string of the molecule is CCOC(=O)C1=NCC(C(C)=O)=C1. The van der Waals surface area contributed by atoms with E-state index in [0.29, 0.717) is 18.7 Å². The minimum absolute atomic E-state index is 0.0527. The number of carbonyl (C=O) groups is 2. The number of ether oxygens (including phenoxy) is 1. The average Bonchev–Trinajstić information content (AvgIpc) is 2.52. The van der Waals surface area contributed by atoms with Gasteiger partial charge in [-0.25, -0.2) is 4.79 Å². The molecule has 0 N–H and O–H groups in total. The van der Waals surface area contributed by atoms with Gasteiger partial charge in [-0.05, 0) is 19.9 Å². The highest BCUT2D eigenvalue weighted by Crippen LogP contribution is 2.07. The Morgan fingerprint density at radius 1 is 1.62 bits per heavy atom. The van der Waals surface area contributed by atoms with Gasteiger partial charge in [-0.3, -0.25) is 9.79 Å². The van der Waals surface area contributed by atoms with Crippen LogP contribution in [0.3, 0.4) is 0 Å². The van der Waals surface area contributed by atoms with E-state index in [1.807, 2.05) is 0 Å². The zero-order valence-corrected chi connectivity index (χ0v) is 7.66. The fourth-order valence-corrected chi connectivity index (χ4v) is 0.968. The Bertz CT molecular complexity index is 302. The molecule has 1 heterocycles. The molecule has 0 unspecified atom stereocenters. The van der Waals surface area contributed by atoms with Gasteiger partial charge in [0.05, 0.1) is 13.2 Å². The summed E-state index contributed by atoms with van der Waals surface area (Å²) in [7, 11) is 0. The van der Waals surface area contributed by atoms with Crippen molar-refractivity contribution in [3.63, 3.8) is 0 Å². The molecule has 0 aliphatic carbocycles. The quantitative estimate of drug-likeness (QED) is 0.596. The molecule has 0 aromatic rings. The van der Waals surface area contributed by atoms with Crippen molar-refractivity contribution in [3.05, 3.63) is 11.6 Å². The fourth-order valence-electron chi connectivity index (χ4n) is 0.968. The molecule has 70 valence electrons. The van der Waals surface area contributed by atoms with Gasteiger partial charge in [0.2, 0.25) is 0 Å². The van der Waals surface area contributed by atoms with Crippen molar-refractivity contribution < 1.29 is 14.3 Å². The minimum Gasteiger partial charge on any atom is -0.461 e. The van der Waals surface area contributed by atoms with Crippen molar-refractivity contribution in [2.75, 3.05) is 13.2 Å². The van der Waals surface area contributed by atoms with Gasteiger partial charge < -0.3 is 4.74 Å². The van der Waals surface area contributed by atoms with Crippen molar-refractivity contribution in [1.29, 1.82) is 0 Å². The molecule has 4 nitrogen and oxygen atoms in total. The van der Waals surface area contributed by atoms with E-state index in [9.17, 15) is 9.59 Å². The lowest BCUT2D eigenvalue weighted by Gasteiger charge is -1.97. The maximum atomic E-state index is 11.1. The lowest BCUT2D eigenvalue weighted by Crippen LogP contribution is -2.13. The van der Waals surface area contributed by atoms with E-state index < -0.39 is 5.97 Å². The van der Waals surface area contributed by atoms with Gasteiger partial charge in [0.1, 0.15) is 5.71 Å². The van der Waals surface area contributed by atoms with Gasteiger partial charge in [0, 0.05) is 5.57 Å². The van der Waals surface area contributed by atoms with Gasteiger partial charge in [-0.15, -0.1) is 0 Å². The predicted molar refractivity (Wildman–Crippen MR) is 47.7 cm³/mol. The molecule has 0 aromatic heterocycles. The summed E-state index contributed by atoms with van der Waals surface area (Å²) >= 11 is 0. The zero-order valence-electron chi connectivity index (χ0n) is 7.66. The molecule has 0 fully saturated rings. The smallest absolute Gasteiger partial charge is 0.356 e. The van der Waals surface area contributed by atoms with Crippen LogP contribution < -0.4 is 0 Å². The first kappa shape index (κ1) is 9.64. The predicted octanol–water partition coefficient (Wildman–Crippen LogP) is 0.520. The van der Waals surface area contributed by atoms with Crippen LogP contribution in [0.5, 0.6) is 0 Å². The van der Waals surface area contributed by atoms with Crippen molar-refractivity contribution in [3.8, 4) is 0 Å². The van der Waals surface area contributed by atoms with Gasteiger partial charge in [-0.2, -0.15) is 0 Å². The molecule has 0 saturated heterocycles. The summed E-state index contributed by atoms with van der Waals surface area (Å²) in [4.78, 5) is 25.9. The van der Waals surface area contributed by atoms with Crippen LogP contribution in [-0.2, 0) is 14.3 Å². The Labute approximate surface area is 76.3 Å². The fraction of sp³-hybridized carbons (Fsp3) is 0.444. The summed E-state index contributed by atoms with van der Waals surface area (Å²) in [5.74, 6) is -0.512. The van der Waals surface area contributed by atoms with Crippen molar-refractivity contribution >= 4 is 17.5 Å². The van der Waals surface area contributed by atoms with E-state index in [-0.39, 0.29) is 11.5 Å². The molecule has 1 aliphatic rings. The summed E-state index contributed by atoms with van der Waals surface area (Å²) in [6.45, 7) is 3.79. The van der Waals surface area contributed by atoms with Crippen LogP contribution in [0.25, 0.3) is 0 Å². The van der Waals surface area contributed by atoms with Gasteiger partial charge in [0.15, 0.2) is 5.78 Å². The molecule has 1 aliphatic heterocycles. The number of Topliss-reactive ketones (excluding diaryl/α,β-unsaturated/α-hetero) is 1. The van der Waals surface area contributed by atoms with Crippen molar-refractivity contribution in [1.82, 2.24) is 0 Å². The second kappa shape index (κ2) is 3.98. The van der Waals surface area contributed by atoms with Crippen molar-refractivity contribution in [2.24, 2.45) is 4.99 Å². The van der Waals surface area contributed by atoms with Crippen LogP contribution in [0.1, 0.15) is 13.8 Å². The first-order chi connectivity index (χ1) is 6.15. The maximum absolute atomic E-state index is 11.1. The Morgan fingerprint density at radius 3 is 2.77 bits per heavy atom. The number of carbonyl (C=O) groups excluding carboxylic acids is 2. The van der Waals surface area contributed by atoms with Crippen LogP contribution in [0.15, 0.2) is 16.6 Å². The van der Waals surface area contributed by atoms with E-state index in [0.717, 1.165) is 0 Å². The number of nitrogens with zero attached hydrogens (tertiary/aromatic N) is 1. The molecular weight excluding hydrogens is 170 g/mol. The average molecular weight is 181 g/mol. The summed E-state index contributed by atoms with van der Waals surface area (Å²) in [6, 6.07) is 0. The second-order valence-corrected chi connectivity index (χ2v) is 2.65. The number of hydrogen-bond acceptors (Lipinski definition) is 4. The summed E-state index contributed by atoms with van der Waals surface area (Å²) in [5, 5.41) is 0. The van der Waals surface area contributed by atoms with Crippen LogP contribution in [0.2, 0.25) is 0 Å². The highest BCUT2D eigenvalue weighted by Gasteiger charge is 2.18. The lowest BCUT2D eigenvalue weighted by atomic mass is 10.2. The van der Waals surface area contributed by atoms with Crippen LogP contribution in [0, 0.1) is 0 Å². The first-order valence-corrected chi connectivity index (χ1v) is 4.08. The van der Waals surface area contributed by atoms with Gasteiger partial charge >= 0.3 is 5.97 Å². The third-order valence-electron chi connectivity index (χ3n) is 1.67. The molecule has 1 rings (SSSR count). The van der Waals surface area contributed by atoms with Crippen LogP contribution in [-0.4, -0.2) is 30.6 Å². The third-order valence-corrected chi connectivity index (χ3v) is 1.67. The number of rotatable bonds is 3. The van der Waals surface area contributed by atoms with E-state index in [4.69, 9.17) is 4.74 Å². The molecule has 0 radical (unpaired) electrons. The number of hydrogen-bond donors (Lipinski definition) is 0. The third kappa shape index (κ3) is 2.24. The van der Waals surface area contributed by atoms with Gasteiger partial charge in [-0.1, -0.05) is 0 Å². The van der Waals surface area contributed by atoms with E-state index >= 15 is 0 Å². The monoisotopic (exact) mass is 181 g/mol. The molecule has 0 amide bonds. The van der Waals surface area contributed by atoms with Crippen LogP contribution >= 0.6 is 0 Å². The summed E-state index contributed by atoms with van der Waals surface area (Å²) < 4.78 is 4.73. The molecule has 0 saturated carbocycles. The topological polar surface area (TPSA) is 55.7 Å². The number of esters is 1.